The van der Waals surface area contributed by atoms with E-state index in [1.807, 2.05) is 34.0 Å². The van der Waals surface area contributed by atoms with E-state index in [9.17, 15) is 0 Å². The molecule has 20 rings (SSSR count). The molecule has 3 aromatic heterocycles. The van der Waals surface area contributed by atoms with Gasteiger partial charge in [-0.05, 0) is 172 Å². The molecule has 0 radical (unpaired) electrons. The molecule has 5 heteroatoms. The first-order chi connectivity index (χ1) is 45.4. The molecule has 16 aromatic carbocycles. The molecule has 92 heavy (non-hydrogen) atoms. The SMILES string of the molecule is CC1(C)c2ccccc2-c2ccc3c(ccc4ccc5cc(N(c6ccccc6)c6cccc7sc8ccccc8c67)ccc5c43)c21.c1ccc(N(c2ccc3c(ccc4ccc5c(ccc6c7ccccc7sc65)c43)c2)c2cccc3sc4ccccc4c23)cc1. The molecule has 0 fully saturated rings. The van der Waals surface area contributed by atoms with Crippen LogP contribution in [0.5, 0.6) is 0 Å². The fourth-order valence-electron chi connectivity index (χ4n) is 15.6. The third-order valence-corrected chi connectivity index (χ3v) is 23.1. The zero-order valence-electron chi connectivity index (χ0n) is 50.5. The Bertz CT molecular complexity index is 6250. The van der Waals surface area contributed by atoms with Gasteiger partial charge in [0.05, 0.1) is 11.4 Å². The minimum Gasteiger partial charge on any atom is -0.310 e. The third kappa shape index (κ3) is 8.09. The zero-order valence-corrected chi connectivity index (χ0v) is 52.9. The smallest absolute Gasteiger partial charge is 0.0554 e. The van der Waals surface area contributed by atoms with Crippen molar-refractivity contribution in [1.29, 1.82) is 0 Å². The van der Waals surface area contributed by atoms with Crippen molar-refractivity contribution in [1.82, 2.24) is 0 Å². The van der Waals surface area contributed by atoms with Crippen molar-refractivity contribution in [2.45, 2.75) is 19.3 Å². The van der Waals surface area contributed by atoms with E-state index in [2.05, 4.69) is 327 Å². The molecule has 2 nitrogen and oxygen atoms in total. The minimum atomic E-state index is -0.0557. The number of thiophene rings is 3. The summed E-state index contributed by atoms with van der Waals surface area (Å²) in [5.74, 6) is 0. The lowest BCUT2D eigenvalue weighted by atomic mass is 9.79. The van der Waals surface area contributed by atoms with Crippen molar-refractivity contribution in [3.8, 4) is 11.1 Å². The molecule has 1 aliphatic rings. The fraction of sp³-hybridized carbons (Fsp3) is 0.0345. The summed E-state index contributed by atoms with van der Waals surface area (Å²) in [5.41, 5.74) is 12.6. The van der Waals surface area contributed by atoms with Crippen molar-refractivity contribution >= 4 is 193 Å². The van der Waals surface area contributed by atoms with Crippen LogP contribution in [0.3, 0.4) is 0 Å². The second kappa shape index (κ2) is 20.7. The molecule has 0 amide bonds. The first-order valence-corrected chi connectivity index (χ1v) is 34.1. The highest BCUT2D eigenvalue weighted by Gasteiger charge is 2.37. The second-order valence-corrected chi connectivity index (χ2v) is 28.2. The maximum absolute atomic E-state index is 2.43. The lowest BCUT2D eigenvalue weighted by molar-refractivity contribution is 0.666. The molecular formula is C87H56N2S3. The Kier molecular flexibility index (Phi) is 12.0. The molecule has 0 spiro atoms. The van der Waals surface area contributed by atoms with Crippen molar-refractivity contribution in [2.24, 2.45) is 0 Å². The molecule has 0 saturated carbocycles. The summed E-state index contributed by atoms with van der Waals surface area (Å²) in [6, 6.07) is 112. The van der Waals surface area contributed by atoms with Crippen LogP contribution in [0.2, 0.25) is 0 Å². The van der Waals surface area contributed by atoms with Crippen LogP contribution < -0.4 is 9.80 Å². The van der Waals surface area contributed by atoms with Crippen molar-refractivity contribution in [3.63, 3.8) is 0 Å². The normalized spacial score (nSPS) is 12.8. The maximum atomic E-state index is 2.43. The number of hydrogen-bond donors (Lipinski definition) is 0. The second-order valence-electron chi connectivity index (χ2n) is 25.0. The van der Waals surface area contributed by atoms with E-state index in [1.54, 1.807) is 0 Å². The number of benzene rings is 16. The van der Waals surface area contributed by atoms with Gasteiger partial charge in [-0.3, -0.25) is 0 Å². The Morgan fingerprint density at radius 1 is 0.250 bits per heavy atom. The molecule has 432 valence electrons. The highest BCUT2D eigenvalue weighted by Crippen LogP contribution is 2.54. The summed E-state index contributed by atoms with van der Waals surface area (Å²) in [4.78, 5) is 4.86. The Balaban J connectivity index is 0.000000132. The van der Waals surface area contributed by atoms with E-state index in [0.717, 1.165) is 22.7 Å². The number of hydrogen-bond acceptors (Lipinski definition) is 5. The summed E-state index contributed by atoms with van der Waals surface area (Å²) >= 11 is 5.63. The average molecular weight is 1230 g/mol. The monoisotopic (exact) mass is 1220 g/mol. The predicted molar refractivity (Wildman–Crippen MR) is 404 cm³/mol. The van der Waals surface area contributed by atoms with Crippen LogP contribution in [0, 0.1) is 0 Å². The molecular weight excluding hydrogens is 1170 g/mol. The third-order valence-electron chi connectivity index (χ3n) is 19.6. The molecule has 0 saturated heterocycles. The van der Waals surface area contributed by atoms with Crippen LogP contribution >= 0.6 is 34.0 Å². The largest absolute Gasteiger partial charge is 0.310 e. The van der Waals surface area contributed by atoms with Gasteiger partial charge in [0.2, 0.25) is 0 Å². The summed E-state index contributed by atoms with van der Waals surface area (Å²) in [7, 11) is 0. The zero-order chi connectivity index (χ0) is 60.8. The van der Waals surface area contributed by atoms with E-state index in [4.69, 9.17) is 0 Å². The van der Waals surface area contributed by atoms with Crippen LogP contribution in [0.15, 0.2) is 303 Å². The highest BCUT2D eigenvalue weighted by molar-refractivity contribution is 7.27. The van der Waals surface area contributed by atoms with Gasteiger partial charge < -0.3 is 9.80 Å². The Hall–Kier alpha value is -10.7. The predicted octanol–water partition coefficient (Wildman–Crippen LogP) is 26.6. The highest BCUT2D eigenvalue weighted by atomic mass is 32.1. The minimum absolute atomic E-state index is 0.0557. The summed E-state index contributed by atoms with van der Waals surface area (Å²) in [6.07, 6.45) is 0. The maximum Gasteiger partial charge on any atom is 0.0554 e. The van der Waals surface area contributed by atoms with Crippen LogP contribution in [-0.2, 0) is 5.41 Å². The molecule has 1 aliphatic carbocycles. The lowest BCUT2D eigenvalue weighted by Crippen LogP contribution is -2.15. The van der Waals surface area contributed by atoms with Crippen LogP contribution in [-0.4, -0.2) is 0 Å². The summed E-state index contributed by atoms with van der Waals surface area (Å²) in [6.45, 7) is 4.76. The summed E-state index contributed by atoms with van der Waals surface area (Å²) in [5, 5.41) is 23.5. The van der Waals surface area contributed by atoms with Crippen LogP contribution in [0.1, 0.15) is 25.0 Å². The molecule has 0 N–H and O–H groups in total. The molecule has 0 bridgehead atoms. The van der Waals surface area contributed by atoms with E-state index in [-0.39, 0.29) is 5.41 Å². The van der Waals surface area contributed by atoms with E-state index < -0.39 is 0 Å². The van der Waals surface area contributed by atoms with Gasteiger partial charge in [-0.2, -0.15) is 0 Å². The molecule has 19 aromatic rings. The van der Waals surface area contributed by atoms with Crippen molar-refractivity contribution in [2.75, 3.05) is 9.80 Å². The van der Waals surface area contributed by atoms with Gasteiger partial charge in [0.15, 0.2) is 0 Å². The quantitative estimate of drug-likeness (QED) is 0.153. The fourth-order valence-corrected chi connectivity index (χ4v) is 19.0. The molecule has 3 heterocycles. The molecule has 0 aliphatic heterocycles. The van der Waals surface area contributed by atoms with Gasteiger partial charge >= 0.3 is 0 Å². The first kappa shape index (κ1) is 53.2. The lowest BCUT2D eigenvalue weighted by Gasteiger charge is -2.27. The average Bonchev–Trinajstić information content (AvgIpc) is 1.41. The van der Waals surface area contributed by atoms with Gasteiger partial charge in [-0.1, -0.05) is 226 Å². The van der Waals surface area contributed by atoms with Crippen molar-refractivity contribution in [3.05, 3.63) is 314 Å². The Labute approximate surface area is 543 Å². The van der Waals surface area contributed by atoms with Crippen molar-refractivity contribution < 1.29 is 0 Å². The topological polar surface area (TPSA) is 6.48 Å². The van der Waals surface area contributed by atoms with Gasteiger partial charge in [0.1, 0.15) is 0 Å². The van der Waals surface area contributed by atoms with Crippen LogP contribution in [0.25, 0.3) is 136 Å². The van der Waals surface area contributed by atoms with E-state index in [1.165, 1.54) is 159 Å². The first-order valence-electron chi connectivity index (χ1n) is 31.6. The van der Waals surface area contributed by atoms with E-state index in [0.29, 0.717) is 0 Å². The van der Waals surface area contributed by atoms with Gasteiger partial charge in [0.25, 0.3) is 0 Å². The summed E-state index contributed by atoms with van der Waals surface area (Å²) < 4.78 is 7.96. The molecule has 0 atom stereocenters. The number of fused-ring (bicyclic) bond motifs is 24. The molecule has 0 unspecified atom stereocenters. The van der Waals surface area contributed by atoms with Gasteiger partial charge in [-0.25, -0.2) is 0 Å². The number of rotatable bonds is 6. The van der Waals surface area contributed by atoms with Crippen LogP contribution in [0.4, 0.5) is 34.1 Å². The Morgan fingerprint density at radius 3 is 1.25 bits per heavy atom. The van der Waals surface area contributed by atoms with E-state index >= 15 is 0 Å². The van der Waals surface area contributed by atoms with Gasteiger partial charge in [-0.15, -0.1) is 34.0 Å². The Morgan fingerprint density at radius 2 is 0.663 bits per heavy atom. The number of anilines is 6. The number of nitrogens with zero attached hydrogens (tertiary/aromatic N) is 2. The van der Waals surface area contributed by atoms with Gasteiger partial charge in [0, 0.05) is 94.1 Å². The number of para-hydroxylation sites is 2. The standard InChI is InChI=1S/C45H31NS.C42H25NS2/c1-45(2)38-15-8-6-13-33(38)35-26-25-34-36(44(35)45)23-21-28-19-20-29-27-31(22-24-32(29)42(28)34)46(30-11-4-3-5-12-30)39-16-10-18-41-43(39)37-14-7-9-17-40(37)47-41;1-2-9-28(10-3-1)43(36-13-8-16-39-41(36)35-12-5-7-15-38(35)44-39)29-20-22-30-27(25-29)18-17-26-19-21-34-32(40(26)30)23-24-33-31-11-4-6-14-37(31)45-42(33)34/h3-27H,1-2H3;1-25H.